The van der Waals surface area contributed by atoms with Crippen molar-refractivity contribution in [2.45, 2.75) is 118 Å². The number of thioether (sulfide) groups is 1. The number of fused-ring (bicyclic) bond motifs is 4. The van der Waals surface area contributed by atoms with Gasteiger partial charge < -0.3 is 69.8 Å². The average Bonchev–Trinajstić information content (AvgIpc) is 4.17. The van der Waals surface area contributed by atoms with Gasteiger partial charge in [-0.1, -0.05) is 86.5 Å². The van der Waals surface area contributed by atoms with Crippen molar-refractivity contribution in [2.24, 2.45) is 27.9 Å². The summed E-state index contributed by atoms with van der Waals surface area (Å²) < 4.78 is 0. The van der Waals surface area contributed by atoms with Crippen molar-refractivity contribution in [3.63, 3.8) is 0 Å². The standard InChI is InChI=1S/C53H67N15O7S/c1-2-3-16-36(54)46(70)62-40-20-22-76-52-35(34-15-8-10-18-38(34)68-52)26-41(45(55)69)64-50(74)43(24-31-27-60-37-17-9-7-14-33(31)37)66-47(71)39(19-11-21-59-53(56)57)63-49(73)42(23-30-12-5-4-6-13-30)65-51(75)44(67-48(40)72)25-32-28-58-29-61-32/h4-10,12-15,17-18,27-29,36,39-44,60,68H,2-3,11,16,19-26,54H2,1H3,(H2,55,69)(H,58,61)(H,62,70)(H,63,73)(H,64,74)(H,65,75)(H,66,71)(H,67,72)(H4,56,57,59)/t36-,39?,40-,41-,42+,43-,44-/m0/s1. The van der Waals surface area contributed by atoms with Crippen LogP contribution in [-0.4, -0.2) is 122 Å². The van der Waals surface area contributed by atoms with Gasteiger partial charge in [0, 0.05) is 77.9 Å². The number of hydrogen-bond donors (Lipinski definition) is 13. The number of amides is 7. The smallest absolute Gasteiger partial charge is 0.243 e. The minimum Gasteiger partial charge on any atom is -0.370 e. The van der Waals surface area contributed by atoms with E-state index in [1.54, 1.807) is 36.5 Å². The summed E-state index contributed by atoms with van der Waals surface area (Å²) in [4.78, 5) is 119. The van der Waals surface area contributed by atoms with Crippen LogP contribution in [0.5, 0.6) is 0 Å². The Hall–Kier alpha value is -8.18. The molecule has 17 N–H and O–H groups in total. The van der Waals surface area contributed by atoms with Crippen molar-refractivity contribution in [2.75, 3.05) is 12.3 Å². The van der Waals surface area contributed by atoms with Gasteiger partial charge in [0.2, 0.25) is 41.4 Å². The number of primary amides is 1. The van der Waals surface area contributed by atoms with Gasteiger partial charge in [-0.05, 0) is 54.5 Å². The SMILES string of the molecule is CCCC[C@H](N)C(=O)N[C@H]1CCSc2[nH]c3ccccc3c2C[C@@H](C(N)=O)NC(=O)[C@H](Cc2c[nH]c3ccccc23)NC(=O)C(CCCN=C(N)N)NC(=O)[C@@H](Cc2ccccc2)NC(=O)[C@H](Cc2cnc[nH]2)NC1=O. The number of carbonyl (C=O) groups excluding carboxylic acids is 7. The Morgan fingerprint density at radius 2 is 1.37 bits per heavy atom. The van der Waals surface area contributed by atoms with Gasteiger partial charge in [0.05, 0.1) is 17.4 Å². The number of hydrogen-bond acceptors (Lipinski definition) is 11. The highest BCUT2D eigenvalue weighted by molar-refractivity contribution is 7.99. The number of H-pyrrole nitrogens is 3. The maximum Gasteiger partial charge on any atom is 0.243 e. The van der Waals surface area contributed by atoms with Crippen molar-refractivity contribution >= 4 is 80.9 Å². The van der Waals surface area contributed by atoms with Gasteiger partial charge >= 0.3 is 0 Å². The molecule has 22 nitrogen and oxygen atoms in total. The minimum atomic E-state index is -1.34. The van der Waals surface area contributed by atoms with E-state index in [-0.39, 0.29) is 63.2 Å². The summed E-state index contributed by atoms with van der Waals surface area (Å²) >= 11 is 1.32. The molecule has 7 atom stereocenters. The summed E-state index contributed by atoms with van der Waals surface area (Å²) in [6.45, 7) is 2.06. The van der Waals surface area contributed by atoms with Crippen LogP contribution in [0.3, 0.4) is 0 Å². The Morgan fingerprint density at radius 1 is 0.737 bits per heavy atom. The molecule has 6 aromatic rings. The molecule has 0 spiro atoms. The van der Waals surface area contributed by atoms with Crippen LogP contribution in [0.4, 0.5) is 0 Å². The van der Waals surface area contributed by atoms with Gasteiger partial charge in [-0.3, -0.25) is 38.6 Å². The summed E-state index contributed by atoms with van der Waals surface area (Å²) in [5.41, 5.74) is 27.6. The molecule has 0 bridgehead atoms. The van der Waals surface area contributed by atoms with E-state index in [2.05, 4.69) is 56.8 Å². The number of nitrogens with one attached hydrogen (secondary N) is 9. The normalized spacial score (nSPS) is 20.8. The Kier molecular flexibility index (Phi) is 19.6. The number of guanidine groups is 1. The average molecular weight is 1060 g/mol. The number of nitrogens with two attached hydrogens (primary N) is 4. The predicted molar refractivity (Wildman–Crippen MR) is 290 cm³/mol. The highest BCUT2D eigenvalue weighted by atomic mass is 32.2. The number of benzene rings is 3. The fraction of sp³-hybridized carbons (Fsp3) is 0.377. The molecule has 23 heteroatoms. The largest absolute Gasteiger partial charge is 0.370 e. The monoisotopic (exact) mass is 1060 g/mol. The molecule has 0 aliphatic carbocycles. The molecular weight excluding hydrogens is 991 g/mol. The van der Waals surface area contributed by atoms with Crippen LogP contribution in [0.25, 0.3) is 21.8 Å². The zero-order chi connectivity index (χ0) is 54.1. The van der Waals surface area contributed by atoms with E-state index in [0.29, 0.717) is 40.3 Å². The number of aromatic nitrogens is 4. The van der Waals surface area contributed by atoms with Crippen molar-refractivity contribution in [3.05, 3.63) is 120 Å². The summed E-state index contributed by atoms with van der Waals surface area (Å²) in [6, 6.07) is 15.0. The van der Waals surface area contributed by atoms with E-state index >= 15 is 0 Å². The topological polar surface area (TPSA) is 368 Å². The lowest BCUT2D eigenvalue weighted by atomic mass is 10.0. The van der Waals surface area contributed by atoms with Crippen molar-refractivity contribution in [1.82, 2.24) is 51.8 Å². The minimum absolute atomic E-state index is 0.0274. The second-order valence-electron chi connectivity index (χ2n) is 18.8. The molecule has 1 unspecified atom stereocenters. The lowest BCUT2D eigenvalue weighted by molar-refractivity contribution is -0.135. The van der Waals surface area contributed by atoms with Gasteiger partial charge in [-0.2, -0.15) is 0 Å². The summed E-state index contributed by atoms with van der Waals surface area (Å²) in [5, 5.41) is 19.2. The third-order valence-corrected chi connectivity index (χ3v) is 14.2. The number of imidazole rings is 1. The molecule has 7 amide bonds. The van der Waals surface area contributed by atoms with E-state index in [0.717, 1.165) is 28.2 Å². The third-order valence-electron chi connectivity index (χ3n) is 13.2. The zero-order valence-corrected chi connectivity index (χ0v) is 43.1. The number of rotatable bonds is 16. The molecule has 0 saturated carbocycles. The quantitative estimate of drug-likeness (QED) is 0.0368. The molecule has 7 rings (SSSR count). The van der Waals surface area contributed by atoms with Gasteiger partial charge in [-0.25, -0.2) is 4.98 Å². The maximum absolute atomic E-state index is 14.8. The van der Waals surface area contributed by atoms with Gasteiger partial charge in [0.15, 0.2) is 5.96 Å². The zero-order valence-electron chi connectivity index (χ0n) is 42.2. The van der Waals surface area contributed by atoms with Crippen molar-refractivity contribution < 1.29 is 33.6 Å². The number of nitrogens with zero attached hydrogens (tertiary/aromatic N) is 2. The van der Waals surface area contributed by atoms with Gasteiger partial charge in [-0.15, -0.1) is 11.8 Å². The summed E-state index contributed by atoms with van der Waals surface area (Å²) in [6.07, 6.45) is 6.43. The van der Waals surface area contributed by atoms with E-state index in [1.807, 2.05) is 55.5 Å². The number of aromatic amines is 3. The van der Waals surface area contributed by atoms with E-state index in [4.69, 9.17) is 22.9 Å². The molecule has 0 saturated heterocycles. The molecule has 3 aromatic heterocycles. The first-order chi connectivity index (χ1) is 36.7. The highest BCUT2D eigenvalue weighted by Crippen LogP contribution is 2.32. The third kappa shape index (κ3) is 15.2. The summed E-state index contributed by atoms with van der Waals surface area (Å²) in [5.74, 6) is -5.07. The van der Waals surface area contributed by atoms with E-state index < -0.39 is 83.6 Å². The number of unbranched alkanes of at least 4 members (excludes halogenated alkanes) is 1. The van der Waals surface area contributed by atoms with E-state index in [9.17, 15) is 33.6 Å². The van der Waals surface area contributed by atoms with Crippen LogP contribution in [0.2, 0.25) is 0 Å². The second-order valence-corrected chi connectivity index (χ2v) is 19.9. The molecule has 402 valence electrons. The van der Waals surface area contributed by atoms with Crippen LogP contribution in [-0.2, 0) is 59.2 Å². The first-order valence-electron chi connectivity index (χ1n) is 25.4. The molecule has 4 heterocycles. The van der Waals surface area contributed by atoms with E-state index in [1.165, 1.54) is 24.3 Å². The molecule has 3 aromatic carbocycles. The number of carbonyl (C=O) groups is 7. The Morgan fingerprint density at radius 3 is 2.07 bits per heavy atom. The van der Waals surface area contributed by atoms with Crippen LogP contribution < -0.4 is 54.8 Å². The van der Waals surface area contributed by atoms with Crippen LogP contribution in [0.1, 0.15) is 67.8 Å². The fourth-order valence-corrected chi connectivity index (χ4v) is 10.2. The summed E-state index contributed by atoms with van der Waals surface area (Å²) in [7, 11) is 0. The van der Waals surface area contributed by atoms with Crippen LogP contribution in [0, 0.1) is 0 Å². The highest BCUT2D eigenvalue weighted by Gasteiger charge is 2.35. The predicted octanol–water partition coefficient (Wildman–Crippen LogP) is 1.10. The Bertz CT molecular complexity index is 2990. The molecule has 0 fully saturated rings. The lowest BCUT2D eigenvalue weighted by Crippen LogP contribution is -2.60. The fourth-order valence-electron chi connectivity index (χ4n) is 9.06. The molecule has 1 aliphatic heterocycles. The number of aliphatic imine (C=N–C) groups is 1. The first-order valence-corrected chi connectivity index (χ1v) is 26.4. The first kappa shape index (κ1) is 55.6. The van der Waals surface area contributed by atoms with Crippen molar-refractivity contribution in [3.8, 4) is 0 Å². The van der Waals surface area contributed by atoms with Crippen molar-refractivity contribution in [1.29, 1.82) is 0 Å². The van der Waals surface area contributed by atoms with Gasteiger partial charge in [0.1, 0.15) is 36.3 Å². The lowest BCUT2D eigenvalue weighted by Gasteiger charge is -2.28. The Balaban J connectivity index is 1.31. The second kappa shape index (κ2) is 26.9. The molecule has 1 aliphatic rings. The molecular formula is C53H67N15O7S. The maximum atomic E-state index is 14.8. The van der Waals surface area contributed by atoms with Crippen LogP contribution >= 0.6 is 11.8 Å². The van der Waals surface area contributed by atoms with Gasteiger partial charge in [0.25, 0.3) is 0 Å². The molecule has 0 radical (unpaired) electrons. The van der Waals surface area contributed by atoms with Crippen LogP contribution in [0.15, 0.2) is 108 Å². The Labute approximate surface area is 443 Å². The number of para-hydroxylation sites is 2. The molecule has 76 heavy (non-hydrogen) atoms.